The van der Waals surface area contributed by atoms with Crippen LogP contribution in [-0.2, 0) is 4.79 Å². The second kappa shape index (κ2) is 7.43. The summed E-state index contributed by atoms with van der Waals surface area (Å²) in [7, 11) is 0. The van der Waals surface area contributed by atoms with Crippen LogP contribution in [0, 0.1) is 6.92 Å². The summed E-state index contributed by atoms with van der Waals surface area (Å²) in [5.74, 6) is -1.86. The number of benzene rings is 2. The summed E-state index contributed by atoms with van der Waals surface area (Å²) in [5, 5.41) is 11.3. The van der Waals surface area contributed by atoms with Crippen molar-refractivity contribution in [1.29, 1.82) is 0 Å². The third kappa shape index (κ3) is 3.33. The molecule has 2 heterocycles. The molecule has 0 saturated carbocycles. The lowest BCUT2D eigenvalue weighted by molar-refractivity contribution is -0.117. The van der Waals surface area contributed by atoms with E-state index in [9.17, 15) is 14.7 Å². The Morgan fingerprint density at radius 1 is 1.07 bits per heavy atom. The van der Waals surface area contributed by atoms with E-state index >= 15 is 0 Å². The molecule has 0 aliphatic carbocycles. The lowest BCUT2D eigenvalue weighted by Crippen LogP contribution is -2.31. The summed E-state index contributed by atoms with van der Waals surface area (Å²) < 4.78 is 5.20. The summed E-state index contributed by atoms with van der Waals surface area (Å²) in [6, 6.07) is 14.2. The number of hydrogen-bond acceptors (Lipinski definition) is 4. The van der Waals surface area contributed by atoms with Gasteiger partial charge in [0.25, 0.3) is 5.91 Å². The first kappa shape index (κ1) is 19.3. The van der Waals surface area contributed by atoms with Gasteiger partial charge in [-0.3, -0.25) is 14.5 Å². The fourth-order valence-corrected chi connectivity index (χ4v) is 3.65. The van der Waals surface area contributed by atoms with Gasteiger partial charge >= 0.3 is 0 Å². The molecule has 1 aromatic heterocycles. The number of amides is 1. The van der Waals surface area contributed by atoms with Gasteiger partial charge in [0.2, 0.25) is 5.78 Å². The predicted octanol–water partition coefficient (Wildman–Crippen LogP) is 5.68. The molecule has 7 heteroatoms. The second-order valence-corrected chi connectivity index (χ2v) is 7.47. The molecule has 5 nitrogen and oxygen atoms in total. The molecule has 1 N–H and O–H groups in total. The molecule has 0 spiro atoms. The highest BCUT2D eigenvalue weighted by atomic mass is 35.5. The van der Waals surface area contributed by atoms with E-state index < -0.39 is 23.5 Å². The lowest BCUT2D eigenvalue weighted by atomic mass is 9.95. The molecule has 2 aromatic carbocycles. The van der Waals surface area contributed by atoms with Gasteiger partial charge in [0.1, 0.15) is 0 Å². The fourth-order valence-electron chi connectivity index (χ4n) is 3.35. The Bertz CT molecular complexity index is 1130. The first-order chi connectivity index (χ1) is 13.9. The number of rotatable bonds is 4. The highest BCUT2D eigenvalue weighted by Crippen LogP contribution is 2.43. The van der Waals surface area contributed by atoms with Crippen molar-refractivity contribution < 1.29 is 19.1 Å². The van der Waals surface area contributed by atoms with Crippen LogP contribution in [0.5, 0.6) is 0 Å². The number of nitrogens with zero attached hydrogens (tertiary/aromatic N) is 1. The normalized spacial score (nSPS) is 16.6. The first-order valence-corrected chi connectivity index (χ1v) is 9.50. The van der Waals surface area contributed by atoms with E-state index in [0.29, 0.717) is 16.3 Å². The van der Waals surface area contributed by atoms with Crippen LogP contribution in [0.1, 0.15) is 27.7 Å². The van der Waals surface area contributed by atoms with Crippen LogP contribution in [0.4, 0.5) is 5.69 Å². The monoisotopic (exact) mass is 427 g/mol. The van der Waals surface area contributed by atoms with Crippen molar-refractivity contribution in [2.75, 3.05) is 4.90 Å². The zero-order chi connectivity index (χ0) is 20.7. The lowest BCUT2D eigenvalue weighted by Gasteiger charge is -2.27. The summed E-state index contributed by atoms with van der Waals surface area (Å²) >= 11 is 12.2. The third-order valence-corrected chi connectivity index (χ3v) is 5.51. The highest BCUT2D eigenvalue weighted by molar-refractivity contribution is 6.42. The number of halogens is 2. The topological polar surface area (TPSA) is 70.8 Å². The van der Waals surface area contributed by atoms with Crippen molar-refractivity contribution >= 4 is 40.6 Å². The zero-order valence-electron chi connectivity index (χ0n) is 15.2. The fraction of sp³-hybridized carbons (Fsp3) is 0.0909. The van der Waals surface area contributed by atoms with Crippen LogP contribution in [0.3, 0.4) is 0 Å². The van der Waals surface area contributed by atoms with Crippen LogP contribution in [0.15, 0.2) is 76.6 Å². The summed E-state index contributed by atoms with van der Waals surface area (Å²) in [6.45, 7) is 1.92. The average Bonchev–Trinajstić information content (AvgIpc) is 3.32. The summed E-state index contributed by atoms with van der Waals surface area (Å²) in [4.78, 5) is 27.4. The number of anilines is 1. The zero-order valence-corrected chi connectivity index (χ0v) is 16.7. The molecule has 0 saturated heterocycles. The maximum absolute atomic E-state index is 13.1. The molecule has 3 aromatic rings. The van der Waals surface area contributed by atoms with Crippen LogP contribution >= 0.6 is 23.2 Å². The van der Waals surface area contributed by atoms with E-state index in [1.54, 1.807) is 36.4 Å². The maximum atomic E-state index is 13.1. The molecule has 1 unspecified atom stereocenters. The van der Waals surface area contributed by atoms with Gasteiger partial charge in [-0.2, -0.15) is 0 Å². The van der Waals surface area contributed by atoms with E-state index in [1.807, 2.05) is 19.1 Å². The van der Waals surface area contributed by atoms with Crippen LogP contribution in [0.2, 0.25) is 10.0 Å². The van der Waals surface area contributed by atoms with Gasteiger partial charge in [-0.05, 0) is 48.9 Å². The Morgan fingerprint density at radius 3 is 2.41 bits per heavy atom. The van der Waals surface area contributed by atoms with Crippen LogP contribution in [-0.4, -0.2) is 16.8 Å². The van der Waals surface area contributed by atoms with E-state index in [4.69, 9.17) is 27.6 Å². The van der Waals surface area contributed by atoms with Crippen LogP contribution < -0.4 is 4.90 Å². The quantitative estimate of drug-likeness (QED) is 0.543. The van der Waals surface area contributed by atoms with E-state index in [1.165, 1.54) is 17.2 Å². The van der Waals surface area contributed by atoms with Gasteiger partial charge in [0, 0.05) is 5.69 Å². The number of carbonyl (C=O) groups excluding carboxylic acids is 2. The molecular formula is C22H15Cl2NO4. The van der Waals surface area contributed by atoms with E-state index in [2.05, 4.69) is 0 Å². The molecule has 29 heavy (non-hydrogen) atoms. The molecule has 4 rings (SSSR count). The first-order valence-electron chi connectivity index (χ1n) is 8.75. The van der Waals surface area contributed by atoms with Crippen molar-refractivity contribution in [1.82, 2.24) is 0 Å². The second-order valence-electron chi connectivity index (χ2n) is 6.66. The van der Waals surface area contributed by atoms with Crippen LogP contribution in [0.25, 0.3) is 0 Å². The minimum Gasteiger partial charge on any atom is -0.503 e. The van der Waals surface area contributed by atoms with E-state index in [0.717, 1.165) is 5.56 Å². The molecular weight excluding hydrogens is 413 g/mol. The Kier molecular flexibility index (Phi) is 4.94. The van der Waals surface area contributed by atoms with E-state index in [-0.39, 0.29) is 16.4 Å². The Morgan fingerprint density at radius 2 is 1.79 bits per heavy atom. The van der Waals surface area contributed by atoms with Gasteiger partial charge in [-0.15, -0.1) is 0 Å². The average molecular weight is 428 g/mol. The number of Topliss-reactive ketones (excluding diaryl/α,β-unsaturated/α-hetero) is 1. The minimum atomic E-state index is -0.891. The smallest absolute Gasteiger partial charge is 0.294 e. The highest BCUT2D eigenvalue weighted by Gasteiger charge is 2.45. The largest absolute Gasteiger partial charge is 0.503 e. The van der Waals surface area contributed by atoms with Crippen molar-refractivity contribution in [2.24, 2.45) is 0 Å². The maximum Gasteiger partial charge on any atom is 0.294 e. The number of aliphatic hydroxyl groups is 1. The summed E-state index contributed by atoms with van der Waals surface area (Å²) in [6.07, 6.45) is 1.35. The Balaban J connectivity index is 1.90. The number of hydrogen-bond donors (Lipinski definition) is 1. The van der Waals surface area contributed by atoms with Crippen molar-refractivity contribution in [3.8, 4) is 0 Å². The molecule has 0 radical (unpaired) electrons. The van der Waals surface area contributed by atoms with Gasteiger partial charge in [-0.25, -0.2) is 0 Å². The van der Waals surface area contributed by atoms with Gasteiger partial charge in [0.15, 0.2) is 11.5 Å². The standard InChI is InChI=1S/C22H15Cl2NO4/c1-12-4-7-14(8-5-12)25-19(13-6-9-15(23)16(24)11-13)18(21(27)22(25)28)20(26)17-3-2-10-29-17/h2-11,19,27H,1H3. The van der Waals surface area contributed by atoms with Gasteiger partial charge in [0.05, 0.1) is 27.9 Å². The molecule has 1 aliphatic heterocycles. The molecule has 0 fully saturated rings. The van der Waals surface area contributed by atoms with Crippen molar-refractivity contribution in [2.45, 2.75) is 13.0 Å². The number of ketones is 1. The molecule has 0 bridgehead atoms. The SMILES string of the molecule is Cc1ccc(N2C(=O)C(O)=C(C(=O)c3ccco3)C2c2ccc(Cl)c(Cl)c2)cc1. The number of carbonyl (C=O) groups is 2. The molecule has 1 atom stereocenters. The molecule has 1 amide bonds. The Labute approximate surface area is 176 Å². The number of furan rings is 1. The predicted molar refractivity (Wildman–Crippen MR) is 111 cm³/mol. The number of aliphatic hydroxyl groups excluding tert-OH is 1. The van der Waals surface area contributed by atoms with Crippen molar-refractivity contribution in [3.63, 3.8) is 0 Å². The van der Waals surface area contributed by atoms with Gasteiger partial charge in [-0.1, -0.05) is 47.0 Å². The van der Waals surface area contributed by atoms with Gasteiger partial charge < -0.3 is 9.52 Å². The third-order valence-electron chi connectivity index (χ3n) is 4.77. The molecule has 146 valence electrons. The van der Waals surface area contributed by atoms with Crippen molar-refractivity contribution in [3.05, 3.63) is 99.1 Å². The molecule has 1 aliphatic rings. The summed E-state index contributed by atoms with van der Waals surface area (Å²) in [5.41, 5.74) is 2.00. The minimum absolute atomic E-state index is 0.0233. The number of aryl methyl sites for hydroxylation is 1. The Hall–Kier alpha value is -3.02.